The number of hydrogen-bond donors (Lipinski definition) is 3. The molecule has 1 saturated carbocycles. The first-order valence-electron chi connectivity index (χ1n) is 9.41. The van der Waals surface area contributed by atoms with Crippen molar-refractivity contribution in [1.29, 1.82) is 0 Å². The maximum Gasteiger partial charge on any atom is 0.252 e. The van der Waals surface area contributed by atoms with E-state index in [4.69, 9.17) is 4.74 Å². The highest BCUT2D eigenvalue weighted by molar-refractivity contribution is 9.10. The number of anilines is 1. The molecule has 30 heavy (non-hydrogen) atoms. The number of ether oxygens (including phenoxy) is 1. The Hall–Kier alpha value is -2.43. The second-order valence-corrected chi connectivity index (χ2v) is 9.29. The van der Waals surface area contributed by atoms with Crippen LogP contribution in [0.3, 0.4) is 0 Å². The van der Waals surface area contributed by atoms with E-state index in [-0.39, 0.29) is 23.0 Å². The minimum atomic E-state index is -3.69. The first kappa shape index (κ1) is 22.3. The van der Waals surface area contributed by atoms with Crippen molar-refractivity contribution < 1.29 is 22.7 Å². The molecule has 0 radical (unpaired) electrons. The van der Waals surface area contributed by atoms with Crippen LogP contribution in [-0.4, -0.2) is 39.4 Å². The highest BCUT2D eigenvalue weighted by atomic mass is 79.9. The quantitative estimate of drug-likeness (QED) is 0.494. The number of sulfonamides is 1. The minimum absolute atomic E-state index is 0.00147. The molecule has 1 fully saturated rings. The van der Waals surface area contributed by atoms with Crippen LogP contribution in [-0.2, 0) is 14.8 Å². The average molecular weight is 496 g/mol. The molecule has 2 aromatic carbocycles. The molecule has 1 aliphatic rings. The molecular formula is C20H22BrN3O5S. The number of nitrogens with one attached hydrogen (secondary N) is 3. The molecule has 0 aliphatic heterocycles. The third-order valence-electron chi connectivity index (χ3n) is 4.25. The molecule has 2 aromatic rings. The summed E-state index contributed by atoms with van der Waals surface area (Å²) in [6, 6.07) is 11.0. The molecule has 160 valence electrons. The summed E-state index contributed by atoms with van der Waals surface area (Å²) >= 11 is 3.25. The summed E-state index contributed by atoms with van der Waals surface area (Å²) in [5, 5.41) is 5.17. The van der Waals surface area contributed by atoms with Gasteiger partial charge in [-0.05, 0) is 78.2 Å². The van der Waals surface area contributed by atoms with Crippen LogP contribution < -0.4 is 20.1 Å². The Morgan fingerprint density at radius 2 is 1.83 bits per heavy atom. The molecule has 0 aromatic heterocycles. The number of benzene rings is 2. The highest BCUT2D eigenvalue weighted by Crippen LogP contribution is 2.25. The minimum Gasteiger partial charge on any atom is -0.494 e. The van der Waals surface area contributed by atoms with E-state index in [1.807, 2.05) is 6.92 Å². The Morgan fingerprint density at radius 1 is 1.13 bits per heavy atom. The lowest BCUT2D eigenvalue weighted by atomic mass is 10.2. The molecule has 0 atom stereocenters. The standard InChI is InChI=1S/C20H22BrN3O5S/c1-2-29-15-7-5-13(6-8-15)23-19(25)12-22-20(26)17-11-16(9-10-18(17)21)30(27,28)24-14-3-4-14/h5-11,14,24H,2-4,12H2,1H3,(H,22,26)(H,23,25). The maximum absolute atomic E-state index is 12.5. The molecule has 0 saturated heterocycles. The Morgan fingerprint density at radius 3 is 2.47 bits per heavy atom. The van der Waals surface area contributed by atoms with Crippen LogP contribution >= 0.6 is 15.9 Å². The fourth-order valence-electron chi connectivity index (χ4n) is 2.60. The molecule has 8 nitrogen and oxygen atoms in total. The normalized spacial score (nSPS) is 13.5. The van der Waals surface area contributed by atoms with E-state index in [0.717, 1.165) is 12.8 Å². The summed E-state index contributed by atoms with van der Waals surface area (Å²) in [7, 11) is -3.69. The van der Waals surface area contributed by atoms with Gasteiger partial charge in [-0.25, -0.2) is 13.1 Å². The number of carbonyl (C=O) groups excluding carboxylic acids is 2. The maximum atomic E-state index is 12.5. The average Bonchev–Trinajstić information content (AvgIpc) is 3.51. The summed E-state index contributed by atoms with van der Waals surface area (Å²) in [6.45, 7) is 2.16. The van der Waals surface area contributed by atoms with E-state index in [0.29, 0.717) is 22.5 Å². The van der Waals surface area contributed by atoms with E-state index in [1.165, 1.54) is 18.2 Å². The van der Waals surface area contributed by atoms with Gasteiger partial charge in [0.15, 0.2) is 0 Å². The van der Waals surface area contributed by atoms with E-state index in [9.17, 15) is 18.0 Å². The molecule has 3 rings (SSSR count). The number of amides is 2. The largest absolute Gasteiger partial charge is 0.494 e. The van der Waals surface area contributed by atoms with E-state index in [2.05, 4.69) is 31.3 Å². The molecule has 0 heterocycles. The van der Waals surface area contributed by atoms with Crippen molar-refractivity contribution >= 4 is 43.5 Å². The van der Waals surface area contributed by atoms with Crippen LogP contribution in [0.25, 0.3) is 0 Å². The molecule has 0 unspecified atom stereocenters. The van der Waals surface area contributed by atoms with Gasteiger partial charge in [0.2, 0.25) is 15.9 Å². The van der Waals surface area contributed by atoms with Gasteiger partial charge in [0.25, 0.3) is 5.91 Å². The zero-order chi connectivity index (χ0) is 21.7. The van der Waals surface area contributed by atoms with Crippen molar-refractivity contribution in [1.82, 2.24) is 10.0 Å². The molecule has 2 amide bonds. The number of hydrogen-bond acceptors (Lipinski definition) is 5. The van der Waals surface area contributed by atoms with Crippen LogP contribution in [0.4, 0.5) is 5.69 Å². The Kier molecular flexibility index (Phi) is 7.11. The Labute approximate surface area is 183 Å². The first-order chi connectivity index (χ1) is 14.3. The number of carbonyl (C=O) groups is 2. The topological polar surface area (TPSA) is 114 Å². The van der Waals surface area contributed by atoms with Crippen molar-refractivity contribution in [2.45, 2.75) is 30.7 Å². The summed E-state index contributed by atoms with van der Waals surface area (Å²) in [5.74, 6) is -0.283. The van der Waals surface area contributed by atoms with Crippen LogP contribution in [0.15, 0.2) is 51.8 Å². The SMILES string of the molecule is CCOc1ccc(NC(=O)CNC(=O)c2cc(S(=O)(=O)NC3CC3)ccc2Br)cc1. The van der Waals surface area contributed by atoms with Crippen LogP contribution in [0.1, 0.15) is 30.1 Å². The van der Waals surface area contributed by atoms with Gasteiger partial charge in [0.05, 0.1) is 23.6 Å². The lowest BCUT2D eigenvalue weighted by Gasteiger charge is -2.11. The molecule has 3 N–H and O–H groups in total. The Balaban J connectivity index is 1.59. The first-order valence-corrected chi connectivity index (χ1v) is 11.7. The van der Waals surface area contributed by atoms with Crippen LogP contribution in [0.2, 0.25) is 0 Å². The van der Waals surface area contributed by atoms with Crippen LogP contribution in [0.5, 0.6) is 5.75 Å². The molecular weight excluding hydrogens is 474 g/mol. The van der Waals surface area contributed by atoms with Gasteiger partial charge in [0, 0.05) is 16.2 Å². The van der Waals surface area contributed by atoms with Crippen molar-refractivity contribution in [2.24, 2.45) is 0 Å². The van der Waals surface area contributed by atoms with E-state index >= 15 is 0 Å². The lowest BCUT2D eigenvalue weighted by Crippen LogP contribution is -2.33. The second kappa shape index (κ2) is 9.59. The van der Waals surface area contributed by atoms with E-state index in [1.54, 1.807) is 24.3 Å². The molecule has 0 spiro atoms. The summed E-state index contributed by atoms with van der Waals surface area (Å²) in [6.07, 6.45) is 1.62. The monoisotopic (exact) mass is 495 g/mol. The van der Waals surface area contributed by atoms with Gasteiger partial charge in [0.1, 0.15) is 5.75 Å². The highest BCUT2D eigenvalue weighted by Gasteiger charge is 2.28. The van der Waals surface area contributed by atoms with Gasteiger partial charge in [-0.1, -0.05) is 0 Å². The summed E-state index contributed by atoms with van der Waals surface area (Å²) in [4.78, 5) is 24.6. The van der Waals surface area contributed by atoms with Crippen molar-refractivity contribution in [3.63, 3.8) is 0 Å². The zero-order valence-corrected chi connectivity index (χ0v) is 18.7. The van der Waals surface area contributed by atoms with Gasteiger partial charge < -0.3 is 15.4 Å². The van der Waals surface area contributed by atoms with E-state index < -0.39 is 21.8 Å². The zero-order valence-electron chi connectivity index (χ0n) is 16.3. The predicted octanol–water partition coefficient (Wildman–Crippen LogP) is 2.66. The number of rotatable bonds is 9. The van der Waals surface area contributed by atoms with Crippen molar-refractivity contribution in [3.05, 3.63) is 52.5 Å². The van der Waals surface area contributed by atoms with Gasteiger partial charge in [-0.2, -0.15) is 0 Å². The third-order valence-corrected chi connectivity index (χ3v) is 6.46. The molecule has 1 aliphatic carbocycles. The van der Waals surface area contributed by atoms with Gasteiger partial charge in [-0.15, -0.1) is 0 Å². The summed E-state index contributed by atoms with van der Waals surface area (Å²) in [5.41, 5.74) is 0.695. The fourth-order valence-corrected chi connectivity index (χ4v) is 4.35. The number of halogens is 1. The lowest BCUT2D eigenvalue weighted by molar-refractivity contribution is -0.115. The molecule has 10 heteroatoms. The third kappa shape index (κ3) is 6.04. The predicted molar refractivity (Wildman–Crippen MR) is 116 cm³/mol. The second-order valence-electron chi connectivity index (χ2n) is 6.73. The molecule has 0 bridgehead atoms. The van der Waals surface area contributed by atoms with Crippen molar-refractivity contribution in [2.75, 3.05) is 18.5 Å². The van der Waals surface area contributed by atoms with Crippen molar-refractivity contribution in [3.8, 4) is 5.75 Å². The fraction of sp³-hybridized carbons (Fsp3) is 0.300. The van der Waals surface area contributed by atoms with Gasteiger partial charge >= 0.3 is 0 Å². The Bertz CT molecular complexity index is 1040. The smallest absolute Gasteiger partial charge is 0.252 e. The van der Waals surface area contributed by atoms with Gasteiger partial charge in [-0.3, -0.25) is 9.59 Å². The summed E-state index contributed by atoms with van der Waals surface area (Å²) < 4.78 is 33.1. The van der Waals surface area contributed by atoms with Crippen LogP contribution in [0, 0.1) is 0 Å².